The number of aromatic nitrogens is 5. The van der Waals surface area contributed by atoms with Crippen LogP contribution in [0, 0.1) is 6.92 Å². The molecule has 0 atom stereocenters. The number of aryl methyl sites for hydroxylation is 1. The third kappa shape index (κ3) is 5.31. The summed E-state index contributed by atoms with van der Waals surface area (Å²) in [5, 5.41) is 9.36. The van der Waals surface area contributed by atoms with Crippen LogP contribution in [0.1, 0.15) is 31.4 Å². The van der Waals surface area contributed by atoms with Crippen molar-refractivity contribution in [2.24, 2.45) is 0 Å². The highest BCUT2D eigenvalue weighted by atomic mass is 32.1. The molecule has 6 rings (SSSR count). The first kappa shape index (κ1) is 27.1. The molecular weight excluding hydrogens is 550 g/mol. The topological polar surface area (TPSA) is 101 Å². The predicted octanol–water partition coefficient (Wildman–Crippen LogP) is 5.24. The van der Waals surface area contributed by atoms with Gasteiger partial charge in [-0.1, -0.05) is 48.6 Å². The molecule has 3 heterocycles. The van der Waals surface area contributed by atoms with Crippen LogP contribution in [0.5, 0.6) is 11.5 Å². The lowest BCUT2D eigenvalue weighted by Gasteiger charge is -2.09. The summed E-state index contributed by atoms with van der Waals surface area (Å²) < 4.78 is 14.7. The Bertz CT molecular complexity index is 2030. The van der Waals surface area contributed by atoms with Gasteiger partial charge in [-0.05, 0) is 67.4 Å². The molecule has 210 valence electrons. The molecule has 42 heavy (non-hydrogen) atoms. The maximum absolute atomic E-state index is 13.5. The van der Waals surface area contributed by atoms with Crippen molar-refractivity contribution in [1.82, 2.24) is 24.4 Å². The van der Waals surface area contributed by atoms with Crippen LogP contribution >= 0.6 is 11.3 Å². The number of rotatable bonds is 8. The number of ether oxygens (including phenoxy) is 2. The summed E-state index contributed by atoms with van der Waals surface area (Å²) in [6.07, 6.45) is 4.67. The highest BCUT2D eigenvalue weighted by molar-refractivity contribution is 7.15. The summed E-state index contributed by atoms with van der Waals surface area (Å²) in [6.45, 7) is 6.07. The molecule has 0 N–H and O–H groups in total. The third-order valence-corrected chi connectivity index (χ3v) is 7.48. The van der Waals surface area contributed by atoms with Crippen molar-refractivity contribution in [2.45, 2.75) is 27.2 Å². The quantitative estimate of drug-likeness (QED) is 0.180. The lowest BCUT2D eigenvalue weighted by atomic mass is 10.0. The summed E-state index contributed by atoms with van der Waals surface area (Å²) in [6, 6.07) is 22.8. The summed E-state index contributed by atoms with van der Waals surface area (Å²) in [5.41, 5.74) is 4.57. The Balaban J connectivity index is 1.44. The zero-order chi connectivity index (χ0) is 29.2. The molecule has 10 heteroatoms. The highest BCUT2D eigenvalue weighted by Gasteiger charge is 2.18. The van der Waals surface area contributed by atoms with E-state index in [-0.39, 0.29) is 5.56 Å². The summed E-state index contributed by atoms with van der Waals surface area (Å²) in [5.74, 6) is 1.03. The van der Waals surface area contributed by atoms with E-state index in [1.54, 1.807) is 24.3 Å². The maximum Gasteiger partial charge on any atom is 0.308 e. The van der Waals surface area contributed by atoms with Crippen molar-refractivity contribution in [3.05, 3.63) is 105 Å². The molecule has 0 saturated heterocycles. The van der Waals surface area contributed by atoms with Crippen LogP contribution in [0.15, 0.2) is 83.8 Å². The number of fused-ring (bicyclic) bond motifs is 1. The van der Waals surface area contributed by atoms with Gasteiger partial charge in [-0.2, -0.15) is 14.6 Å². The molecule has 0 aliphatic carbocycles. The molecule has 3 aromatic heterocycles. The minimum atomic E-state index is -0.449. The maximum atomic E-state index is 13.5. The van der Waals surface area contributed by atoms with E-state index in [2.05, 4.69) is 17.0 Å². The molecule has 6 aromatic rings. The van der Waals surface area contributed by atoms with E-state index in [9.17, 15) is 9.59 Å². The number of para-hydroxylation sites is 2. The van der Waals surface area contributed by atoms with Crippen molar-refractivity contribution in [2.75, 3.05) is 6.61 Å². The lowest BCUT2D eigenvalue weighted by molar-refractivity contribution is -0.131. The Hall–Kier alpha value is -5.09. The molecule has 0 amide bonds. The second kappa shape index (κ2) is 11.4. The molecule has 0 aliphatic heterocycles. The van der Waals surface area contributed by atoms with E-state index in [0.717, 1.165) is 40.2 Å². The normalized spacial score (nSPS) is 11.7. The summed E-state index contributed by atoms with van der Waals surface area (Å²) >= 11 is 1.23. The van der Waals surface area contributed by atoms with Crippen molar-refractivity contribution in [3.8, 4) is 39.8 Å². The monoisotopic (exact) mass is 577 g/mol. The molecule has 0 saturated carbocycles. The SMILES string of the molecule is CCCOc1ccc(-c2nn(-c3ccccc3)cc2C=c2sc3nc(-c4ccccc4OC(C)=O)nn3c2=O)cc1C. The summed E-state index contributed by atoms with van der Waals surface area (Å²) in [4.78, 5) is 30.0. The van der Waals surface area contributed by atoms with Crippen LogP contribution in [0.25, 0.3) is 39.4 Å². The third-order valence-electron chi connectivity index (χ3n) is 6.52. The van der Waals surface area contributed by atoms with Gasteiger partial charge in [0.25, 0.3) is 5.56 Å². The largest absolute Gasteiger partial charge is 0.493 e. The fourth-order valence-electron chi connectivity index (χ4n) is 4.59. The average Bonchev–Trinajstić information content (AvgIpc) is 3.68. The van der Waals surface area contributed by atoms with Crippen LogP contribution in [0.4, 0.5) is 0 Å². The van der Waals surface area contributed by atoms with Gasteiger partial charge in [-0.25, -0.2) is 4.68 Å². The first-order valence-electron chi connectivity index (χ1n) is 13.5. The first-order chi connectivity index (χ1) is 20.4. The fourth-order valence-corrected chi connectivity index (χ4v) is 5.48. The Morgan fingerprint density at radius 2 is 1.79 bits per heavy atom. The Kier molecular flexibility index (Phi) is 7.37. The zero-order valence-electron chi connectivity index (χ0n) is 23.3. The van der Waals surface area contributed by atoms with Crippen molar-refractivity contribution in [1.29, 1.82) is 0 Å². The molecule has 0 fully saturated rings. The second-order valence-electron chi connectivity index (χ2n) is 9.68. The van der Waals surface area contributed by atoms with E-state index in [1.165, 1.54) is 22.8 Å². The van der Waals surface area contributed by atoms with E-state index in [0.29, 0.717) is 33.2 Å². The molecule has 3 aromatic carbocycles. The standard InChI is InChI=1S/C32H27N5O4S/c1-4-16-40-26-15-14-22(17-20(26)2)29-23(19-36(34-29)24-10-6-5-7-11-24)18-28-31(39)37-32(42-28)33-30(35-37)25-12-8-9-13-27(25)41-21(3)38/h5-15,17-19H,4,16H2,1-3H3. The number of hydrogen-bond donors (Lipinski definition) is 0. The predicted molar refractivity (Wildman–Crippen MR) is 162 cm³/mol. The van der Waals surface area contributed by atoms with E-state index in [4.69, 9.17) is 14.6 Å². The smallest absolute Gasteiger partial charge is 0.308 e. The summed E-state index contributed by atoms with van der Waals surface area (Å²) in [7, 11) is 0. The number of thiazole rings is 1. The van der Waals surface area contributed by atoms with Crippen LogP contribution in [-0.2, 0) is 4.79 Å². The van der Waals surface area contributed by atoms with Gasteiger partial charge in [0, 0.05) is 24.2 Å². The number of nitrogens with zero attached hydrogens (tertiary/aromatic N) is 5. The molecule has 0 spiro atoms. The van der Waals surface area contributed by atoms with Crippen molar-refractivity contribution in [3.63, 3.8) is 0 Å². The van der Waals surface area contributed by atoms with Gasteiger partial charge in [0.05, 0.1) is 22.4 Å². The van der Waals surface area contributed by atoms with Gasteiger partial charge in [0.2, 0.25) is 4.96 Å². The van der Waals surface area contributed by atoms with Gasteiger partial charge < -0.3 is 9.47 Å². The van der Waals surface area contributed by atoms with E-state index in [1.807, 2.05) is 72.4 Å². The van der Waals surface area contributed by atoms with Crippen molar-refractivity contribution >= 4 is 28.3 Å². The first-order valence-corrected chi connectivity index (χ1v) is 14.3. The zero-order valence-corrected chi connectivity index (χ0v) is 24.1. The van der Waals surface area contributed by atoms with E-state index >= 15 is 0 Å². The van der Waals surface area contributed by atoms with Crippen molar-refractivity contribution < 1.29 is 14.3 Å². The van der Waals surface area contributed by atoms with Crippen LogP contribution < -0.4 is 19.6 Å². The molecular formula is C32H27N5O4S. The lowest BCUT2D eigenvalue weighted by Crippen LogP contribution is -2.23. The molecule has 0 radical (unpaired) electrons. The van der Waals surface area contributed by atoms with Gasteiger partial charge in [-0.15, -0.1) is 5.10 Å². The number of benzene rings is 3. The van der Waals surface area contributed by atoms with Crippen LogP contribution in [-0.4, -0.2) is 37.0 Å². The Morgan fingerprint density at radius 1 is 1.00 bits per heavy atom. The second-order valence-corrected chi connectivity index (χ2v) is 10.7. The average molecular weight is 578 g/mol. The number of hydrogen-bond acceptors (Lipinski definition) is 8. The molecule has 0 bridgehead atoms. The number of carbonyl (C=O) groups is 1. The minimum Gasteiger partial charge on any atom is -0.493 e. The van der Waals surface area contributed by atoms with Crippen LogP contribution in [0.2, 0.25) is 0 Å². The highest BCUT2D eigenvalue weighted by Crippen LogP contribution is 2.30. The van der Waals surface area contributed by atoms with E-state index < -0.39 is 5.97 Å². The van der Waals surface area contributed by atoms with Gasteiger partial charge in [0.1, 0.15) is 17.2 Å². The Labute approximate surface area is 245 Å². The Morgan fingerprint density at radius 3 is 2.52 bits per heavy atom. The number of esters is 1. The fraction of sp³-hybridized carbons (Fsp3) is 0.156. The molecule has 0 aliphatic rings. The minimum absolute atomic E-state index is 0.295. The van der Waals surface area contributed by atoms with Crippen LogP contribution in [0.3, 0.4) is 0 Å². The molecule has 0 unspecified atom stereocenters. The van der Waals surface area contributed by atoms with Gasteiger partial charge >= 0.3 is 5.97 Å². The van der Waals surface area contributed by atoms with Gasteiger partial charge in [-0.3, -0.25) is 9.59 Å². The number of carbonyl (C=O) groups excluding carboxylic acids is 1. The van der Waals surface area contributed by atoms with Gasteiger partial charge in [0.15, 0.2) is 5.82 Å². The molecule has 9 nitrogen and oxygen atoms in total.